The summed E-state index contributed by atoms with van der Waals surface area (Å²) in [7, 11) is 0. The number of hydrogen-bond donors (Lipinski definition) is 5. The number of aromatic amines is 1. The van der Waals surface area contributed by atoms with Crippen molar-refractivity contribution in [2.24, 2.45) is 23.5 Å². The molecule has 3 unspecified atom stereocenters. The minimum atomic E-state index is -1.11. The highest BCUT2D eigenvalue weighted by Crippen LogP contribution is 2.64. The zero-order valence-electron chi connectivity index (χ0n) is 21.9. The maximum absolute atomic E-state index is 15.4. The van der Waals surface area contributed by atoms with Crippen LogP contribution >= 0.6 is 0 Å². The Bertz CT molecular complexity index is 1630. The lowest BCUT2D eigenvalue weighted by atomic mass is 9.67. The molecule has 1 aliphatic heterocycles. The molecule has 11 heteroatoms. The Hall–Kier alpha value is -3.99. The molecule has 2 fully saturated rings. The fourth-order valence-electron chi connectivity index (χ4n) is 7.65. The predicted octanol–water partition coefficient (Wildman–Crippen LogP) is 3.66. The zero-order chi connectivity index (χ0) is 27.5. The topological polar surface area (TPSA) is 151 Å². The number of fused-ring (bicyclic) bond motifs is 10. The lowest BCUT2D eigenvalue weighted by Gasteiger charge is -2.43. The van der Waals surface area contributed by atoms with Gasteiger partial charge in [0.25, 0.3) is 0 Å². The van der Waals surface area contributed by atoms with Crippen molar-refractivity contribution < 1.29 is 19.1 Å². The normalized spacial score (nSPS) is 25.5. The van der Waals surface area contributed by atoms with Crippen LogP contribution in [0.15, 0.2) is 36.7 Å². The molecular weight excluding hydrogens is 513 g/mol. The highest BCUT2D eigenvalue weighted by Gasteiger charge is 2.54. The number of carbonyl (C=O) groups is 2. The number of carbonyl (C=O) groups excluding carboxylic acids is 1. The van der Waals surface area contributed by atoms with Crippen LogP contribution in [-0.2, 0) is 16.1 Å². The van der Waals surface area contributed by atoms with E-state index in [-0.39, 0.29) is 30.6 Å². The number of amides is 1. The number of anilines is 1. The van der Waals surface area contributed by atoms with Crippen LogP contribution in [0.1, 0.15) is 55.2 Å². The molecular formula is C29H32FN7O3. The SMILES string of the molecule is NC(CCC(=O)NCCn1ncc2cc([C@@H]3Nc4c(F)cc5[nH]ncc5c4[C@H]4C5CCC(C5)[C@@H]34)ccc21)C(=O)O. The summed E-state index contributed by atoms with van der Waals surface area (Å²) >= 11 is 0. The largest absolute Gasteiger partial charge is 0.480 e. The van der Waals surface area contributed by atoms with Gasteiger partial charge in [-0.2, -0.15) is 10.2 Å². The maximum Gasteiger partial charge on any atom is 0.320 e. The van der Waals surface area contributed by atoms with Crippen molar-refractivity contribution in [1.82, 2.24) is 25.3 Å². The first kappa shape index (κ1) is 25.0. The van der Waals surface area contributed by atoms with Crippen molar-refractivity contribution in [3.8, 4) is 0 Å². The third kappa shape index (κ3) is 4.02. The Morgan fingerprint density at radius 1 is 1.23 bits per heavy atom. The van der Waals surface area contributed by atoms with E-state index < -0.39 is 12.0 Å². The zero-order valence-corrected chi connectivity index (χ0v) is 21.9. The Morgan fingerprint density at radius 2 is 2.08 bits per heavy atom. The van der Waals surface area contributed by atoms with Gasteiger partial charge in [-0.1, -0.05) is 6.07 Å². The van der Waals surface area contributed by atoms with Crippen LogP contribution in [0.4, 0.5) is 10.1 Å². The third-order valence-corrected chi connectivity index (χ3v) is 9.41. The Kier molecular flexibility index (Phi) is 5.99. The predicted molar refractivity (Wildman–Crippen MR) is 147 cm³/mol. The van der Waals surface area contributed by atoms with Gasteiger partial charge in [-0.25, -0.2) is 4.39 Å². The molecule has 6 N–H and O–H groups in total. The summed E-state index contributed by atoms with van der Waals surface area (Å²) in [6, 6.07) is 6.85. The number of carboxylic acids is 1. The van der Waals surface area contributed by atoms with Gasteiger partial charge in [0.2, 0.25) is 5.91 Å². The average molecular weight is 546 g/mol. The van der Waals surface area contributed by atoms with E-state index in [4.69, 9.17) is 10.8 Å². The first-order valence-electron chi connectivity index (χ1n) is 14.0. The molecule has 208 valence electrons. The molecule has 3 heterocycles. The minimum absolute atomic E-state index is 0.0101. The number of aromatic nitrogens is 4. The molecule has 2 aromatic heterocycles. The molecule has 0 radical (unpaired) electrons. The van der Waals surface area contributed by atoms with Gasteiger partial charge in [0.05, 0.1) is 41.7 Å². The summed E-state index contributed by atoms with van der Waals surface area (Å²) in [6.07, 6.45) is 7.43. The molecule has 40 heavy (non-hydrogen) atoms. The van der Waals surface area contributed by atoms with E-state index in [0.717, 1.165) is 32.9 Å². The number of carboxylic acid groups (broad SMARTS) is 1. The van der Waals surface area contributed by atoms with Gasteiger partial charge >= 0.3 is 5.97 Å². The van der Waals surface area contributed by atoms with Crippen LogP contribution in [0.2, 0.25) is 0 Å². The molecule has 2 saturated carbocycles. The first-order chi connectivity index (χ1) is 19.4. The molecule has 2 aliphatic carbocycles. The van der Waals surface area contributed by atoms with E-state index in [1.165, 1.54) is 19.3 Å². The van der Waals surface area contributed by atoms with Crippen molar-refractivity contribution in [1.29, 1.82) is 0 Å². The molecule has 0 saturated heterocycles. The summed E-state index contributed by atoms with van der Waals surface area (Å²) < 4.78 is 17.3. The fourth-order valence-corrected chi connectivity index (χ4v) is 7.65. The van der Waals surface area contributed by atoms with E-state index in [0.29, 0.717) is 42.4 Å². The van der Waals surface area contributed by atoms with Crippen molar-refractivity contribution >= 4 is 39.4 Å². The lowest BCUT2D eigenvalue weighted by molar-refractivity contribution is -0.138. The fraction of sp³-hybridized carbons (Fsp3) is 0.448. The van der Waals surface area contributed by atoms with E-state index >= 15 is 4.39 Å². The molecule has 4 aromatic rings. The second kappa shape index (κ2) is 9.58. The molecule has 2 bridgehead atoms. The third-order valence-electron chi connectivity index (χ3n) is 9.41. The quantitative estimate of drug-likeness (QED) is 0.227. The molecule has 7 rings (SSSR count). The van der Waals surface area contributed by atoms with Gasteiger partial charge in [-0.3, -0.25) is 19.4 Å². The van der Waals surface area contributed by atoms with Crippen LogP contribution in [0.5, 0.6) is 0 Å². The van der Waals surface area contributed by atoms with Crippen LogP contribution < -0.4 is 16.4 Å². The van der Waals surface area contributed by atoms with Crippen LogP contribution in [0.3, 0.4) is 0 Å². The van der Waals surface area contributed by atoms with E-state index in [2.05, 4.69) is 44.1 Å². The number of rotatable bonds is 8. The van der Waals surface area contributed by atoms with E-state index in [1.54, 1.807) is 6.07 Å². The number of H-pyrrole nitrogens is 1. The van der Waals surface area contributed by atoms with Gasteiger partial charge < -0.3 is 21.5 Å². The number of nitrogens with one attached hydrogen (secondary N) is 3. The second-order valence-corrected chi connectivity index (χ2v) is 11.6. The van der Waals surface area contributed by atoms with Crippen molar-refractivity contribution in [3.05, 3.63) is 53.6 Å². The summed E-state index contributed by atoms with van der Waals surface area (Å²) in [5.41, 5.74) is 10.0. The average Bonchev–Trinajstić information content (AvgIpc) is 3.75. The number of nitrogens with two attached hydrogens (primary N) is 1. The first-order valence-corrected chi connectivity index (χ1v) is 14.0. The molecule has 10 nitrogen and oxygen atoms in total. The summed E-state index contributed by atoms with van der Waals surface area (Å²) in [6.45, 7) is 0.851. The number of hydrogen-bond acceptors (Lipinski definition) is 6. The lowest BCUT2D eigenvalue weighted by Crippen LogP contribution is -2.36. The minimum Gasteiger partial charge on any atom is -0.480 e. The van der Waals surface area contributed by atoms with Crippen LogP contribution in [0.25, 0.3) is 21.8 Å². The van der Waals surface area contributed by atoms with Gasteiger partial charge in [-0.15, -0.1) is 0 Å². The molecule has 1 amide bonds. The van der Waals surface area contributed by atoms with Gasteiger partial charge in [-0.05, 0) is 72.6 Å². The highest BCUT2D eigenvalue weighted by molar-refractivity contribution is 5.89. The molecule has 6 atom stereocenters. The number of benzene rings is 2. The van der Waals surface area contributed by atoms with Gasteiger partial charge in [0.1, 0.15) is 11.9 Å². The number of nitrogens with zero attached hydrogens (tertiary/aromatic N) is 3. The molecule has 3 aliphatic rings. The molecule has 2 aromatic carbocycles. The van der Waals surface area contributed by atoms with Crippen LogP contribution in [0, 0.1) is 23.6 Å². The summed E-state index contributed by atoms with van der Waals surface area (Å²) in [5, 5.41) is 29.0. The monoisotopic (exact) mass is 545 g/mol. The summed E-state index contributed by atoms with van der Waals surface area (Å²) in [5.74, 6) is 0.293. The van der Waals surface area contributed by atoms with Crippen molar-refractivity contribution in [3.63, 3.8) is 0 Å². The standard InChI is InChI=1S/C29H32FN7O3/c30-19-11-21-18(13-33-36-21)26-24-14-1-2-15(9-14)25(24)27(35-28(19)26)16-3-5-22-17(10-16)12-34-37(22)8-7-32-23(38)6-4-20(31)29(39)40/h3,5,10-15,20,24-25,27,35H,1-2,4,6-9,31H2,(H,32,38)(H,33,36)(H,39,40)/t14?,15?,20?,24-,25+,27-/m0/s1. The molecule has 0 spiro atoms. The van der Waals surface area contributed by atoms with Crippen molar-refractivity contribution in [2.45, 2.75) is 56.7 Å². The maximum atomic E-state index is 15.4. The Morgan fingerprint density at radius 3 is 2.92 bits per heavy atom. The highest BCUT2D eigenvalue weighted by atomic mass is 19.1. The second-order valence-electron chi connectivity index (χ2n) is 11.6. The smallest absolute Gasteiger partial charge is 0.320 e. The summed E-state index contributed by atoms with van der Waals surface area (Å²) in [4.78, 5) is 22.9. The number of halogens is 1. The Labute approximate surface area is 229 Å². The van der Waals surface area contributed by atoms with E-state index in [9.17, 15) is 9.59 Å². The van der Waals surface area contributed by atoms with E-state index in [1.807, 2.05) is 17.1 Å². The van der Waals surface area contributed by atoms with Crippen molar-refractivity contribution in [2.75, 3.05) is 11.9 Å². The van der Waals surface area contributed by atoms with Gasteiger partial charge in [0, 0.05) is 29.8 Å². The van der Waals surface area contributed by atoms with Gasteiger partial charge in [0.15, 0.2) is 0 Å². The Balaban J connectivity index is 1.12. The number of aliphatic carboxylic acids is 1. The van der Waals surface area contributed by atoms with Crippen LogP contribution in [-0.4, -0.2) is 49.5 Å².